The highest BCUT2D eigenvalue weighted by Gasteiger charge is 2.19. The summed E-state index contributed by atoms with van der Waals surface area (Å²) in [7, 11) is 2.70. The van der Waals surface area contributed by atoms with E-state index in [2.05, 4.69) is 15.9 Å². The van der Waals surface area contributed by atoms with Crippen LogP contribution in [0.2, 0.25) is 0 Å². The van der Waals surface area contributed by atoms with Gasteiger partial charge in [-0.2, -0.15) is 0 Å². The molecule has 0 aliphatic heterocycles. The van der Waals surface area contributed by atoms with Crippen molar-refractivity contribution in [2.24, 2.45) is 0 Å². The van der Waals surface area contributed by atoms with E-state index in [0.717, 1.165) is 9.80 Å². The minimum absolute atomic E-state index is 0.289. The molecule has 0 aliphatic carbocycles. The molecular formula is C10H11BrN2O4. The molecule has 0 saturated carbocycles. The third kappa shape index (κ3) is 2.88. The maximum atomic E-state index is 10.9. The number of anilines is 2. The molecule has 1 aromatic carbocycles. The van der Waals surface area contributed by atoms with Crippen molar-refractivity contribution in [3.05, 3.63) is 22.7 Å². The number of hydrogen-bond acceptors (Lipinski definition) is 2. The Labute approximate surface area is 106 Å². The second-order valence-electron chi connectivity index (χ2n) is 3.32. The van der Waals surface area contributed by atoms with Crippen molar-refractivity contribution in [1.29, 1.82) is 0 Å². The van der Waals surface area contributed by atoms with Gasteiger partial charge in [-0.1, -0.05) is 15.9 Å². The fraction of sp³-hybridized carbons (Fsp3) is 0.200. The van der Waals surface area contributed by atoms with E-state index in [1.54, 1.807) is 12.1 Å². The Bertz CT molecular complexity index is 464. The van der Waals surface area contributed by atoms with Crippen LogP contribution in [0.15, 0.2) is 22.7 Å². The van der Waals surface area contributed by atoms with Crippen molar-refractivity contribution in [1.82, 2.24) is 0 Å². The largest absolute Gasteiger partial charge is 0.465 e. The molecule has 0 heterocycles. The molecule has 1 aromatic rings. The summed E-state index contributed by atoms with van der Waals surface area (Å²) in [6.07, 6.45) is -2.32. The lowest BCUT2D eigenvalue weighted by Crippen LogP contribution is -2.29. The van der Waals surface area contributed by atoms with Gasteiger partial charge in [0.1, 0.15) is 0 Å². The number of rotatable bonds is 2. The monoisotopic (exact) mass is 302 g/mol. The maximum absolute atomic E-state index is 10.9. The van der Waals surface area contributed by atoms with Crippen LogP contribution in [0.1, 0.15) is 0 Å². The molecule has 92 valence electrons. The Morgan fingerprint density at radius 3 is 2.00 bits per heavy atom. The number of hydrogen-bond donors (Lipinski definition) is 2. The standard InChI is InChI=1S/C10H11BrN2O4/c1-12(9(14)15)7-4-3-6(11)5-8(7)13(2)10(16)17/h3-5H,1-2H3,(H,14,15)(H,16,17). The number of carboxylic acid groups (broad SMARTS) is 2. The molecule has 0 aliphatic rings. The summed E-state index contributed by atoms with van der Waals surface area (Å²) in [4.78, 5) is 23.7. The summed E-state index contributed by atoms with van der Waals surface area (Å²) >= 11 is 3.21. The van der Waals surface area contributed by atoms with Crippen LogP contribution >= 0.6 is 15.9 Å². The minimum atomic E-state index is -1.16. The van der Waals surface area contributed by atoms with Crippen LogP contribution in [-0.4, -0.2) is 36.5 Å². The lowest BCUT2D eigenvalue weighted by Gasteiger charge is -2.22. The summed E-state index contributed by atoms with van der Waals surface area (Å²) in [5, 5.41) is 17.8. The topological polar surface area (TPSA) is 81.1 Å². The van der Waals surface area contributed by atoms with Crippen molar-refractivity contribution < 1.29 is 19.8 Å². The minimum Gasteiger partial charge on any atom is -0.465 e. The zero-order valence-corrected chi connectivity index (χ0v) is 10.8. The third-order valence-electron chi connectivity index (χ3n) is 2.23. The van der Waals surface area contributed by atoms with E-state index in [9.17, 15) is 9.59 Å². The molecule has 2 N–H and O–H groups in total. The van der Waals surface area contributed by atoms with Gasteiger partial charge in [0.15, 0.2) is 0 Å². The fourth-order valence-electron chi connectivity index (χ4n) is 1.25. The Balaban J connectivity index is 3.30. The van der Waals surface area contributed by atoms with Gasteiger partial charge in [0.25, 0.3) is 0 Å². The highest BCUT2D eigenvalue weighted by Crippen LogP contribution is 2.31. The van der Waals surface area contributed by atoms with Crippen molar-refractivity contribution >= 4 is 39.5 Å². The molecule has 0 fully saturated rings. The van der Waals surface area contributed by atoms with Gasteiger partial charge in [0.05, 0.1) is 11.4 Å². The van der Waals surface area contributed by atoms with E-state index in [1.807, 2.05) is 0 Å². The number of carbonyl (C=O) groups is 2. The molecule has 2 amide bonds. The lowest BCUT2D eigenvalue weighted by atomic mass is 10.2. The van der Waals surface area contributed by atoms with Crippen LogP contribution in [0.4, 0.5) is 21.0 Å². The Morgan fingerprint density at radius 1 is 1.06 bits per heavy atom. The van der Waals surface area contributed by atoms with Crippen molar-refractivity contribution in [3.8, 4) is 0 Å². The first-order valence-corrected chi connectivity index (χ1v) is 5.36. The van der Waals surface area contributed by atoms with E-state index >= 15 is 0 Å². The Kier molecular flexibility index (Phi) is 3.95. The maximum Gasteiger partial charge on any atom is 0.411 e. The van der Waals surface area contributed by atoms with Crippen LogP contribution in [0.5, 0.6) is 0 Å². The smallest absolute Gasteiger partial charge is 0.411 e. The quantitative estimate of drug-likeness (QED) is 0.880. The molecule has 7 heteroatoms. The summed E-state index contributed by atoms with van der Waals surface area (Å²) in [6.45, 7) is 0. The second kappa shape index (κ2) is 5.05. The number of nitrogens with zero attached hydrogens (tertiary/aromatic N) is 2. The van der Waals surface area contributed by atoms with E-state index in [0.29, 0.717) is 10.2 Å². The van der Waals surface area contributed by atoms with Gasteiger partial charge in [-0.25, -0.2) is 9.59 Å². The van der Waals surface area contributed by atoms with Gasteiger partial charge >= 0.3 is 12.2 Å². The van der Waals surface area contributed by atoms with E-state index < -0.39 is 12.2 Å². The summed E-state index contributed by atoms with van der Waals surface area (Å²) in [6, 6.07) is 4.73. The number of amides is 2. The summed E-state index contributed by atoms with van der Waals surface area (Å²) < 4.78 is 0.670. The molecule has 17 heavy (non-hydrogen) atoms. The SMILES string of the molecule is CN(C(=O)O)c1ccc(Br)cc1N(C)C(=O)O. The molecule has 6 nitrogen and oxygen atoms in total. The predicted octanol–water partition coefficient (Wildman–Crippen LogP) is 2.68. The van der Waals surface area contributed by atoms with Gasteiger partial charge in [-0.15, -0.1) is 0 Å². The average molecular weight is 303 g/mol. The first-order valence-electron chi connectivity index (χ1n) is 4.57. The zero-order chi connectivity index (χ0) is 13.2. The predicted molar refractivity (Wildman–Crippen MR) is 67.0 cm³/mol. The third-order valence-corrected chi connectivity index (χ3v) is 2.73. The van der Waals surface area contributed by atoms with Crippen LogP contribution < -0.4 is 9.80 Å². The van der Waals surface area contributed by atoms with Crippen molar-refractivity contribution in [2.75, 3.05) is 23.9 Å². The highest BCUT2D eigenvalue weighted by molar-refractivity contribution is 9.10. The van der Waals surface area contributed by atoms with E-state index in [4.69, 9.17) is 10.2 Å². The van der Waals surface area contributed by atoms with Crippen molar-refractivity contribution in [3.63, 3.8) is 0 Å². The first kappa shape index (κ1) is 13.3. The Hall–Kier alpha value is -1.76. The van der Waals surface area contributed by atoms with Gasteiger partial charge in [-0.3, -0.25) is 9.80 Å². The van der Waals surface area contributed by atoms with Crippen LogP contribution in [0, 0.1) is 0 Å². The van der Waals surface area contributed by atoms with E-state index in [-0.39, 0.29) is 5.69 Å². The zero-order valence-electron chi connectivity index (χ0n) is 9.22. The van der Waals surface area contributed by atoms with Crippen LogP contribution in [0.25, 0.3) is 0 Å². The van der Waals surface area contributed by atoms with Crippen molar-refractivity contribution in [2.45, 2.75) is 0 Å². The van der Waals surface area contributed by atoms with Crippen LogP contribution in [-0.2, 0) is 0 Å². The molecule has 0 unspecified atom stereocenters. The molecule has 0 bridgehead atoms. The van der Waals surface area contributed by atoms with Gasteiger partial charge in [0.2, 0.25) is 0 Å². The lowest BCUT2D eigenvalue weighted by molar-refractivity contribution is 0.201. The first-order chi connectivity index (χ1) is 7.84. The van der Waals surface area contributed by atoms with E-state index in [1.165, 1.54) is 20.2 Å². The molecular weight excluding hydrogens is 292 g/mol. The van der Waals surface area contributed by atoms with Gasteiger partial charge in [-0.05, 0) is 18.2 Å². The van der Waals surface area contributed by atoms with Gasteiger partial charge in [0, 0.05) is 18.6 Å². The molecule has 0 aromatic heterocycles. The molecule has 0 saturated heterocycles. The molecule has 0 atom stereocenters. The number of halogens is 1. The van der Waals surface area contributed by atoms with Gasteiger partial charge < -0.3 is 10.2 Å². The Morgan fingerprint density at radius 2 is 1.53 bits per heavy atom. The summed E-state index contributed by atoms with van der Waals surface area (Å²) in [5.41, 5.74) is 0.586. The number of benzene rings is 1. The average Bonchev–Trinajstić information content (AvgIpc) is 2.26. The fourth-order valence-corrected chi connectivity index (χ4v) is 1.60. The molecule has 1 rings (SSSR count). The summed E-state index contributed by atoms with van der Waals surface area (Å²) in [5.74, 6) is 0. The molecule has 0 spiro atoms. The normalized spacial score (nSPS) is 9.82. The molecule has 0 radical (unpaired) electrons. The second-order valence-corrected chi connectivity index (χ2v) is 4.23. The highest BCUT2D eigenvalue weighted by atomic mass is 79.9. The van der Waals surface area contributed by atoms with Crippen LogP contribution in [0.3, 0.4) is 0 Å².